The van der Waals surface area contributed by atoms with Crippen molar-refractivity contribution in [1.82, 2.24) is 4.57 Å². The van der Waals surface area contributed by atoms with Crippen LogP contribution in [0.2, 0.25) is 0 Å². The van der Waals surface area contributed by atoms with Gasteiger partial charge in [0.25, 0.3) is 0 Å². The Hall–Kier alpha value is -1.48. The van der Waals surface area contributed by atoms with E-state index < -0.39 is 0 Å². The van der Waals surface area contributed by atoms with Crippen LogP contribution in [0.3, 0.4) is 0 Å². The van der Waals surface area contributed by atoms with Crippen molar-refractivity contribution in [2.45, 2.75) is 0 Å². The molecule has 80 valence electrons. The molecule has 1 aromatic carbocycles. The fourth-order valence-electron chi connectivity index (χ4n) is 1.63. The summed E-state index contributed by atoms with van der Waals surface area (Å²) in [7, 11) is 3.68. The molecule has 0 radical (unpaired) electrons. The quantitative estimate of drug-likeness (QED) is 0.714. The van der Waals surface area contributed by atoms with Crippen LogP contribution in [-0.2, 0) is 11.8 Å². The third kappa shape index (κ3) is 1.97. The molecule has 2 aromatic rings. The van der Waals surface area contributed by atoms with E-state index in [1.165, 1.54) is 10.9 Å². The Bertz CT molecular complexity index is 448. The first kappa shape index (κ1) is 10.1. The molecule has 0 bridgehead atoms. The van der Waals surface area contributed by atoms with E-state index in [0.717, 1.165) is 5.88 Å². The number of hydrogen-bond acceptors (Lipinski definition) is 2. The number of methoxy groups -OCH3 is 1. The number of rotatable bonds is 4. The van der Waals surface area contributed by atoms with Gasteiger partial charge < -0.3 is 14.0 Å². The van der Waals surface area contributed by atoms with E-state index in [1.54, 1.807) is 7.11 Å². The van der Waals surface area contributed by atoms with Crippen LogP contribution in [0.1, 0.15) is 0 Å². The Balaban J connectivity index is 2.24. The van der Waals surface area contributed by atoms with E-state index in [-0.39, 0.29) is 0 Å². The summed E-state index contributed by atoms with van der Waals surface area (Å²) in [6, 6.07) is 10.3. The molecule has 15 heavy (non-hydrogen) atoms. The maximum atomic E-state index is 5.60. The molecule has 3 nitrogen and oxygen atoms in total. The van der Waals surface area contributed by atoms with Crippen LogP contribution in [0.15, 0.2) is 30.3 Å². The van der Waals surface area contributed by atoms with Crippen molar-refractivity contribution in [1.29, 1.82) is 0 Å². The Morgan fingerprint density at radius 3 is 2.73 bits per heavy atom. The van der Waals surface area contributed by atoms with Crippen molar-refractivity contribution in [3.8, 4) is 5.88 Å². The third-order valence-electron chi connectivity index (χ3n) is 2.45. The number of benzene rings is 1. The topological polar surface area (TPSA) is 23.4 Å². The molecule has 2 rings (SSSR count). The molecule has 0 atom stereocenters. The van der Waals surface area contributed by atoms with Gasteiger partial charge in [-0.25, -0.2) is 0 Å². The van der Waals surface area contributed by atoms with Crippen LogP contribution in [0.25, 0.3) is 10.9 Å². The molecule has 0 fully saturated rings. The minimum atomic E-state index is 0.584. The highest BCUT2D eigenvalue weighted by Gasteiger charge is 2.04. The smallest absolute Gasteiger partial charge is 0.194 e. The SMILES string of the molecule is COCCOc1cc2ccccc2n1C. The summed E-state index contributed by atoms with van der Waals surface area (Å²) in [5, 5.41) is 1.20. The lowest BCUT2D eigenvalue weighted by Gasteiger charge is -2.06. The lowest BCUT2D eigenvalue weighted by molar-refractivity contribution is 0.142. The summed E-state index contributed by atoms with van der Waals surface area (Å²) >= 11 is 0. The molecule has 0 aliphatic carbocycles. The molecule has 1 heterocycles. The summed E-state index contributed by atoms with van der Waals surface area (Å²) in [5.41, 5.74) is 1.19. The first-order valence-corrected chi connectivity index (χ1v) is 4.99. The summed E-state index contributed by atoms with van der Waals surface area (Å²) in [6.45, 7) is 1.20. The summed E-state index contributed by atoms with van der Waals surface area (Å²) in [5.74, 6) is 0.883. The standard InChI is InChI=1S/C12H15NO2/c1-13-11-6-4-3-5-10(11)9-12(13)15-8-7-14-2/h3-6,9H,7-8H2,1-2H3. The predicted molar refractivity (Wildman–Crippen MR) is 60.3 cm³/mol. The van der Waals surface area contributed by atoms with E-state index in [9.17, 15) is 0 Å². The van der Waals surface area contributed by atoms with Gasteiger partial charge in [0.1, 0.15) is 6.61 Å². The van der Waals surface area contributed by atoms with Crippen LogP contribution >= 0.6 is 0 Å². The highest BCUT2D eigenvalue weighted by molar-refractivity contribution is 5.82. The van der Waals surface area contributed by atoms with Gasteiger partial charge in [-0.3, -0.25) is 0 Å². The van der Waals surface area contributed by atoms with E-state index in [0.29, 0.717) is 13.2 Å². The Morgan fingerprint density at radius 2 is 2.00 bits per heavy atom. The molecule has 0 unspecified atom stereocenters. The van der Waals surface area contributed by atoms with Crippen LogP contribution in [0.5, 0.6) is 5.88 Å². The number of ether oxygens (including phenoxy) is 2. The second-order valence-corrected chi connectivity index (χ2v) is 3.44. The van der Waals surface area contributed by atoms with Crippen LogP contribution < -0.4 is 4.74 Å². The van der Waals surface area contributed by atoms with Gasteiger partial charge in [-0.15, -0.1) is 0 Å². The van der Waals surface area contributed by atoms with Crippen molar-refractivity contribution in [2.24, 2.45) is 7.05 Å². The van der Waals surface area contributed by atoms with Gasteiger partial charge in [-0.05, 0) is 6.07 Å². The first-order valence-electron chi connectivity index (χ1n) is 4.99. The van der Waals surface area contributed by atoms with Crippen molar-refractivity contribution < 1.29 is 9.47 Å². The van der Waals surface area contributed by atoms with Crippen LogP contribution in [0.4, 0.5) is 0 Å². The maximum Gasteiger partial charge on any atom is 0.194 e. The molecule has 0 aliphatic rings. The molecular formula is C12H15NO2. The zero-order valence-electron chi connectivity index (χ0n) is 9.06. The van der Waals surface area contributed by atoms with Gasteiger partial charge in [0, 0.05) is 25.6 Å². The second kappa shape index (κ2) is 4.36. The maximum absolute atomic E-state index is 5.60. The molecule has 0 N–H and O–H groups in total. The van der Waals surface area contributed by atoms with Gasteiger partial charge in [-0.2, -0.15) is 0 Å². The van der Waals surface area contributed by atoms with Gasteiger partial charge >= 0.3 is 0 Å². The molecule has 0 aliphatic heterocycles. The van der Waals surface area contributed by atoms with Gasteiger partial charge in [-0.1, -0.05) is 18.2 Å². The van der Waals surface area contributed by atoms with Crippen molar-refractivity contribution >= 4 is 10.9 Å². The third-order valence-corrected chi connectivity index (χ3v) is 2.45. The number of aryl methyl sites for hydroxylation is 1. The van der Waals surface area contributed by atoms with Crippen LogP contribution in [-0.4, -0.2) is 24.9 Å². The molecule has 3 heteroatoms. The van der Waals surface area contributed by atoms with E-state index in [2.05, 4.69) is 12.1 Å². The lowest BCUT2D eigenvalue weighted by Crippen LogP contribution is -2.06. The largest absolute Gasteiger partial charge is 0.476 e. The van der Waals surface area contributed by atoms with E-state index >= 15 is 0 Å². The highest BCUT2D eigenvalue weighted by Crippen LogP contribution is 2.23. The zero-order valence-corrected chi connectivity index (χ0v) is 9.06. The second-order valence-electron chi connectivity index (χ2n) is 3.44. The zero-order chi connectivity index (χ0) is 10.7. The number of fused-ring (bicyclic) bond motifs is 1. The average Bonchev–Trinajstić information content (AvgIpc) is 2.57. The van der Waals surface area contributed by atoms with Crippen LogP contribution in [0, 0.1) is 0 Å². The normalized spacial score (nSPS) is 10.8. The Morgan fingerprint density at radius 1 is 1.20 bits per heavy atom. The summed E-state index contributed by atoms with van der Waals surface area (Å²) < 4.78 is 12.6. The van der Waals surface area contributed by atoms with E-state index in [4.69, 9.17) is 9.47 Å². The summed E-state index contributed by atoms with van der Waals surface area (Å²) in [6.07, 6.45) is 0. The Kier molecular flexibility index (Phi) is 2.92. The fourth-order valence-corrected chi connectivity index (χ4v) is 1.63. The Labute approximate surface area is 89.2 Å². The molecule has 0 saturated heterocycles. The van der Waals surface area contributed by atoms with Crippen molar-refractivity contribution in [3.05, 3.63) is 30.3 Å². The fraction of sp³-hybridized carbons (Fsp3) is 0.333. The number of hydrogen-bond donors (Lipinski definition) is 0. The molecule has 0 amide bonds. The molecule has 0 saturated carbocycles. The number of para-hydroxylation sites is 1. The number of aromatic nitrogens is 1. The first-order chi connectivity index (χ1) is 7.33. The monoisotopic (exact) mass is 205 g/mol. The highest BCUT2D eigenvalue weighted by atomic mass is 16.5. The van der Waals surface area contributed by atoms with Crippen molar-refractivity contribution in [3.63, 3.8) is 0 Å². The molecule has 0 spiro atoms. The van der Waals surface area contributed by atoms with Gasteiger partial charge in [0.15, 0.2) is 5.88 Å². The lowest BCUT2D eigenvalue weighted by atomic mass is 10.2. The average molecular weight is 205 g/mol. The predicted octanol–water partition coefficient (Wildman–Crippen LogP) is 2.20. The van der Waals surface area contributed by atoms with Gasteiger partial charge in [0.2, 0.25) is 0 Å². The van der Waals surface area contributed by atoms with E-state index in [1.807, 2.05) is 29.8 Å². The van der Waals surface area contributed by atoms with Crippen molar-refractivity contribution in [2.75, 3.05) is 20.3 Å². The number of nitrogens with zero attached hydrogens (tertiary/aromatic N) is 1. The molecule has 1 aromatic heterocycles. The molecular weight excluding hydrogens is 190 g/mol. The van der Waals surface area contributed by atoms with Gasteiger partial charge in [0.05, 0.1) is 12.1 Å². The summed E-state index contributed by atoms with van der Waals surface area (Å²) in [4.78, 5) is 0. The minimum absolute atomic E-state index is 0.584. The minimum Gasteiger partial charge on any atom is -0.476 e.